The molecule has 0 aliphatic carbocycles. The highest BCUT2D eigenvalue weighted by Gasteiger charge is 2.32. The van der Waals surface area contributed by atoms with Crippen molar-refractivity contribution in [1.29, 1.82) is 0 Å². The fourth-order valence-corrected chi connectivity index (χ4v) is 2.21. The summed E-state index contributed by atoms with van der Waals surface area (Å²) < 4.78 is 5.47. The maximum absolute atomic E-state index is 11.0. The number of hydrogen-bond acceptors (Lipinski definition) is 8. The Bertz CT molecular complexity index is 482. The lowest BCUT2D eigenvalue weighted by atomic mass is 10.1. The van der Waals surface area contributed by atoms with E-state index in [0.717, 1.165) is 12.6 Å². The molecule has 0 saturated carbocycles. The summed E-state index contributed by atoms with van der Waals surface area (Å²) in [7, 11) is 1.76. The third kappa shape index (κ3) is 2.56. The second-order valence-electron chi connectivity index (χ2n) is 4.35. The molecule has 2 atom stereocenters. The van der Waals surface area contributed by atoms with Gasteiger partial charge in [-0.2, -0.15) is 4.98 Å². The van der Waals surface area contributed by atoms with Crippen LogP contribution in [0.4, 0.5) is 17.5 Å². The van der Waals surface area contributed by atoms with E-state index < -0.39 is 4.92 Å². The van der Waals surface area contributed by atoms with E-state index in [1.165, 1.54) is 0 Å². The van der Waals surface area contributed by atoms with Crippen molar-refractivity contribution >= 4 is 17.5 Å². The standard InChI is InChI=1S/C10H16N6O3/c1-6-7(3-4-19-6)15(2)9-8(16(17)18)5-12-10(13-9)14-11/h5-7H,3-4,11H2,1-2H3,(H,12,13,14). The van der Waals surface area contributed by atoms with Crippen molar-refractivity contribution in [3.8, 4) is 0 Å². The Labute approximate surface area is 109 Å². The molecule has 0 spiro atoms. The van der Waals surface area contributed by atoms with Crippen molar-refractivity contribution in [2.45, 2.75) is 25.5 Å². The van der Waals surface area contributed by atoms with Gasteiger partial charge in [0.1, 0.15) is 6.20 Å². The zero-order valence-electron chi connectivity index (χ0n) is 10.7. The van der Waals surface area contributed by atoms with Gasteiger partial charge in [-0.05, 0) is 13.3 Å². The second kappa shape index (κ2) is 5.33. The quantitative estimate of drug-likeness (QED) is 0.454. The number of nitro groups is 1. The van der Waals surface area contributed by atoms with Crippen LogP contribution in [0.5, 0.6) is 0 Å². The van der Waals surface area contributed by atoms with Crippen molar-refractivity contribution in [2.75, 3.05) is 24.0 Å². The summed E-state index contributed by atoms with van der Waals surface area (Å²) in [5.41, 5.74) is 2.14. The Morgan fingerprint density at radius 1 is 1.68 bits per heavy atom. The van der Waals surface area contributed by atoms with Crippen LogP contribution < -0.4 is 16.2 Å². The molecule has 9 nitrogen and oxygen atoms in total. The fourth-order valence-electron chi connectivity index (χ4n) is 2.21. The number of aromatic nitrogens is 2. The fraction of sp³-hybridized carbons (Fsp3) is 0.600. The van der Waals surface area contributed by atoms with Gasteiger partial charge in [-0.1, -0.05) is 0 Å². The third-order valence-corrected chi connectivity index (χ3v) is 3.24. The Morgan fingerprint density at radius 2 is 2.42 bits per heavy atom. The molecule has 2 rings (SSSR count). The lowest BCUT2D eigenvalue weighted by molar-refractivity contribution is -0.384. The van der Waals surface area contributed by atoms with Crippen LogP contribution in [0.2, 0.25) is 0 Å². The molecule has 1 fully saturated rings. The molecule has 0 bridgehead atoms. The largest absolute Gasteiger partial charge is 0.376 e. The number of anilines is 2. The van der Waals surface area contributed by atoms with Gasteiger partial charge in [-0.25, -0.2) is 10.8 Å². The van der Waals surface area contributed by atoms with Crippen LogP contribution in [-0.2, 0) is 4.74 Å². The molecule has 0 aromatic carbocycles. The van der Waals surface area contributed by atoms with Crippen LogP contribution in [-0.4, -0.2) is 40.7 Å². The Hall–Kier alpha value is -2.00. The highest BCUT2D eigenvalue weighted by atomic mass is 16.6. The molecule has 9 heteroatoms. The van der Waals surface area contributed by atoms with Crippen LogP contribution in [0, 0.1) is 10.1 Å². The molecule has 1 aliphatic rings. The first-order chi connectivity index (χ1) is 9.04. The summed E-state index contributed by atoms with van der Waals surface area (Å²) in [5, 5.41) is 11.0. The number of likely N-dealkylation sites (N-methyl/N-ethyl adjacent to an activating group) is 1. The zero-order valence-corrected chi connectivity index (χ0v) is 10.7. The molecule has 2 unspecified atom stereocenters. The maximum atomic E-state index is 11.0. The van der Waals surface area contributed by atoms with Gasteiger partial charge in [0.2, 0.25) is 11.8 Å². The highest BCUT2D eigenvalue weighted by molar-refractivity contribution is 5.59. The number of rotatable bonds is 4. The third-order valence-electron chi connectivity index (χ3n) is 3.24. The molecule has 3 N–H and O–H groups in total. The van der Waals surface area contributed by atoms with Gasteiger partial charge in [0, 0.05) is 13.7 Å². The maximum Gasteiger partial charge on any atom is 0.329 e. The van der Waals surface area contributed by atoms with E-state index >= 15 is 0 Å². The van der Waals surface area contributed by atoms with Gasteiger partial charge in [0.05, 0.1) is 17.1 Å². The molecular formula is C10H16N6O3. The van der Waals surface area contributed by atoms with E-state index in [-0.39, 0.29) is 29.6 Å². The predicted molar refractivity (Wildman–Crippen MR) is 68.7 cm³/mol. The van der Waals surface area contributed by atoms with E-state index in [2.05, 4.69) is 15.4 Å². The predicted octanol–water partition coefficient (Wildman–Crippen LogP) is 0.284. The van der Waals surface area contributed by atoms with Crippen molar-refractivity contribution in [2.24, 2.45) is 5.84 Å². The molecule has 2 heterocycles. The van der Waals surface area contributed by atoms with Gasteiger partial charge in [-0.3, -0.25) is 15.5 Å². The summed E-state index contributed by atoms with van der Waals surface area (Å²) in [6, 6.07) is 0.0409. The van der Waals surface area contributed by atoms with E-state index in [0.29, 0.717) is 6.61 Å². The summed E-state index contributed by atoms with van der Waals surface area (Å²) in [6.07, 6.45) is 1.94. The smallest absolute Gasteiger partial charge is 0.329 e. The average Bonchev–Trinajstić information content (AvgIpc) is 2.83. The van der Waals surface area contributed by atoms with Crippen LogP contribution in [0.25, 0.3) is 0 Å². The van der Waals surface area contributed by atoms with Crippen molar-refractivity contribution in [3.05, 3.63) is 16.3 Å². The van der Waals surface area contributed by atoms with Crippen molar-refractivity contribution in [1.82, 2.24) is 9.97 Å². The molecule has 0 radical (unpaired) electrons. The number of ether oxygens (including phenoxy) is 1. The molecule has 1 saturated heterocycles. The topological polar surface area (TPSA) is 119 Å². The Kier molecular flexibility index (Phi) is 3.76. The molecule has 19 heavy (non-hydrogen) atoms. The normalized spacial score (nSPS) is 22.3. The molecule has 0 amide bonds. The number of nitrogens with zero attached hydrogens (tertiary/aromatic N) is 4. The summed E-state index contributed by atoms with van der Waals surface area (Å²) in [4.78, 5) is 20.1. The molecule has 1 aliphatic heterocycles. The van der Waals surface area contributed by atoms with Crippen LogP contribution in [0.3, 0.4) is 0 Å². The lowest BCUT2D eigenvalue weighted by Crippen LogP contribution is -2.37. The summed E-state index contributed by atoms with van der Waals surface area (Å²) in [6.45, 7) is 2.57. The van der Waals surface area contributed by atoms with Crippen molar-refractivity contribution in [3.63, 3.8) is 0 Å². The minimum Gasteiger partial charge on any atom is -0.376 e. The first-order valence-electron chi connectivity index (χ1n) is 5.87. The van der Waals surface area contributed by atoms with Gasteiger partial charge in [0.15, 0.2) is 0 Å². The van der Waals surface area contributed by atoms with Gasteiger partial charge < -0.3 is 9.64 Å². The zero-order chi connectivity index (χ0) is 14.0. The van der Waals surface area contributed by atoms with Gasteiger partial charge in [-0.15, -0.1) is 0 Å². The SMILES string of the molecule is CC1OCCC1N(C)c1nc(NN)ncc1[N+](=O)[O-]. The minimum absolute atomic E-state index is 0.00569. The first kappa shape index (κ1) is 13.4. The van der Waals surface area contributed by atoms with Crippen LogP contribution in [0.1, 0.15) is 13.3 Å². The first-order valence-corrected chi connectivity index (χ1v) is 5.87. The summed E-state index contributed by atoms with van der Waals surface area (Å²) >= 11 is 0. The summed E-state index contributed by atoms with van der Waals surface area (Å²) in [5.74, 6) is 5.61. The molecular weight excluding hydrogens is 252 g/mol. The van der Waals surface area contributed by atoms with E-state index in [1.54, 1.807) is 11.9 Å². The van der Waals surface area contributed by atoms with E-state index in [9.17, 15) is 10.1 Å². The molecule has 1 aromatic heterocycles. The number of nitrogen functional groups attached to an aromatic ring is 1. The molecule has 104 valence electrons. The van der Waals surface area contributed by atoms with Crippen molar-refractivity contribution < 1.29 is 9.66 Å². The lowest BCUT2D eigenvalue weighted by Gasteiger charge is -2.27. The molecule has 1 aromatic rings. The average molecular weight is 268 g/mol. The van der Waals surface area contributed by atoms with Crippen LogP contribution in [0.15, 0.2) is 6.20 Å². The van der Waals surface area contributed by atoms with Gasteiger partial charge >= 0.3 is 5.69 Å². The van der Waals surface area contributed by atoms with Gasteiger partial charge in [0.25, 0.3) is 0 Å². The van der Waals surface area contributed by atoms with E-state index in [1.807, 2.05) is 6.92 Å². The van der Waals surface area contributed by atoms with E-state index in [4.69, 9.17) is 10.6 Å². The number of hydrazine groups is 1. The Morgan fingerprint density at radius 3 is 2.95 bits per heavy atom. The highest BCUT2D eigenvalue weighted by Crippen LogP contribution is 2.30. The monoisotopic (exact) mass is 268 g/mol. The minimum atomic E-state index is -0.507. The number of hydrogen-bond donors (Lipinski definition) is 2. The van der Waals surface area contributed by atoms with Crippen LogP contribution >= 0.6 is 0 Å². The second-order valence-corrected chi connectivity index (χ2v) is 4.35. The Balaban J connectivity index is 2.37. The number of nitrogens with two attached hydrogens (primary N) is 1. The number of nitrogens with one attached hydrogen (secondary N) is 1.